The van der Waals surface area contributed by atoms with Crippen LogP contribution in [-0.4, -0.2) is 41.8 Å². The predicted molar refractivity (Wildman–Crippen MR) is 55.0 cm³/mol. The van der Waals surface area contributed by atoms with Crippen molar-refractivity contribution in [2.24, 2.45) is 5.92 Å². The van der Waals surface area contributed by atoms with Gasteiger partial charge in [-0.15, -0.1) is 0 Å². The standard InChI is InChI=1S/C10H21NO3/c1-3-8(4-2)10(14)6-11-5-9(13)7-12/h8-9,11-13H,3-7H2,1-2H3/t9-/m1/s1. The van der Waals surface area contributed by atoms with Crippen molar-refractivity contribution in [1.82, 2.24) is 5.32 Å². The van der Waals surface area contributed by atoms with Crippen molar-refractivity contribution in [2.45, 2.75) is 32.8 Å². The van der Waals surface area contributed by atoms with Crippen LogP contribution in [0.4, 0.5) is 0 Å². The van der Waals surface area contributed by atoms with Gasteiger partial charge in [0, 0.05) is 12.5 Å². The molecule has 0 heterocycles. The number of nitrogens with one attached hydrogen (secondary N) is 1. The van der Waals surface area contributed by atoms with Crippen molar-refractivity contribution in [2.75, 3.05) is 19.7 Å². The Morgan fingerprint density at radius 3 is 2.36 bits per heavy atom. The highest BCUT2D eigenvalue weighted by Crippen LogP contribution is 2.07. The first kappa shape index (κ1) is 13.5. The fraction of sp³-hybridized carbons (Fsp3) is 0.900. The maximum Gasteiger partial charge on any atom is 0.149 e. The number of ketones is 1. The fourth-order valence-electron chi connectivity index (χ4n) is 1.31. The summed E-state index contributed by atoms with van der Waals surface area (Å²) in [4.78, 5) is 11.5. The summed E-state index contributed by atoms with van der Waals surface area (Å²) < 4.78 is 0. The average molecular weight is 203 g/mol. The zero-order valence-corrected chi connectivity index (χ0v) is 8.99. The molecule has 0 aliphatic rings. The number of aliphatic hydroxyl groups excluding tert-OH is 2. The van der Waals surface area contributed by atoms with Crippen molar-refractivity contribution in [1.29, 1.82) is 0 Å². The van der Waals surface area contributed by atoms with Crippen LogP contribution in [0, 0.1) is 5.92 Å². The third-order valence-corrected chi connectivity index (χ3v) is 2.33. The average Bonchev–Trinajstić information content (AvgIpc) is 2.19. The molecule has 0 spiro atoms. The molecule has 0 aromatic rings. The normalized spacial score (nSPS) is 13.2. The Labute approximate surface area is 85.3 Å². The molecule has 0 saturated carbocycles. The van der Waals surface area contributed by atoms with Crippen LogP contribution in [0.5, 0.6) is 0 Å². The fourth-order valence-corrected chi connectivity index (χ4v) is 1.31. The summed E-state index contributed by atoms with van der Waals surface area (Å²) in [5.74, 6) is 0.300. The second-order valence-corrected chi connectivity index (χ2v) is 3.45. The van der Waals surface area contributed by atoms with E-state index in [0.717, 1.165) is 12.8 Å². The van der Waals surface area contributed by atoms with Crippen LogP contribution in [0.3, 0.4) is 0 Å². The maximum atomic E-state index is 11.5. The summed E-state index contributed by atoms with van der Waals surface area (Å²) >= 11 is 0. The zero-order valence-electron chi connectivity index (χ0n) is 8.99. The lowest BCUT2D eigenvalue weighted by atomic mass is 9.98. The summed E-state index contributed by atoms with van der Waals surface area (Å²) in [6, 6.07) is 0. The summed E-state index contributed by atoms with van der Waals surface area (Å²) in [7, 11) is 0. The summed E-state index contributed by atoms with van der Waals surface area (Å²) in [5.41, 5.74) is 0. The molecule has 0 aromatic heterocycles. The van der Waals surface area contributed by atoms with E-state index in [0.29, 0.717) is 0 Å². The molecular formula is C10H21NO3. The van der Waals surface area contributed by atoms with Crippen molar-refractivity contribution >= 4 is 5.78 Å². The number of aliphatic hydroxyl groups is 2. The van der Waals surface area contributed by atoms with Crippen molar-refractivity contribution in [3.63, 3.8) is 0 Å². The number of carbonyl (C=O) groups is 1. The topological polar surface area (TPSA) is 69.6 Å². The van der Waals surface area contributed by atoms with Gasteiger partial charge in [0.2, 0.25) is 0 Å². The molecule has 0 fully saturated rings. The van der Waals surface area contributed by atoms with Crippen LogP contribution >= 0.6 is 0 Å². The lowest BCUT2D eigenvalue weighted by Gasteiger charge is -2.12. The second-order valence-electron chi connectivity index (χ2n) is 3.45. The lowest BCUT2D eigenvalue weighted by molar-refractivity contribution is -0.122. The van der Waals surface area contributed by atoms with E-state index in [1.165, 1.54) is 0 Å². The minimum atomic E-state index is -0.774. The van der Waals surface area contributed by atoms with Crippen LogP contribution in [-0.2, 0) is 4.79 Å². The molecular weight excluding hydrogens is 182 g/mol. The van der Waals surface area contributed by atoms with Gasteiger partial charge in [0.05, 0.1) is 19.3 Å². The van der Waals surface area contributed by atoms with E-state index in [1.54, 1.807) is 0 Å². The third-order valence-electron chi connectivity index (χ3n) is 2.33. The molecule has 84 valence electrons. The van der Waals surface area contributed by atoms with Crippen LogP contribution in [0.15, 0.2) is 0 Å². The molecule has 0 unspecified atom stereocenters. The van der Waals surface area contributed by atoms with Crippen LogP contribution in [0.2, 0.25) is 0 Å². The third kappa shape index (κ3) is 5.32. The van der Waals surface area contributed by atoms with E-state index < -0.39 is 6.10 Å². The smallest absolute Gasteiger partial charge is 0.149 e. The van der Waals surface area contributed by atoms with Gasteiger partial charge < -0.3 is 15.5 Å². The molecule has 0 rings (SSSR count). The highest BCUT2D eigenvalue weighted by molar-refractivity contribution is 5.82. The summed E-state index contributed by atoms with van der Waals surface area (Å²) in [5, 5.41) is 20.4. The molecule has 0 aliphatic carbocycles. The van der Waals surface area contributed by atoms with Crippen molar-refractivity contribution < 1.29 is 15.0 Å². The van der Waals surface area contributed by atoms with Gasteiger partial charge >= 0.3 is 0 Å². The molecule has 0 bridgehead atoms. The number of hydrogen-bond donors (Lipinski definition) is 3. The van der Waals surface area contributed by atoms with Crippen LogP contribution < -0.4 is 5.32 Å². The Morgan fingerprint density at radius 2 is 1.93 bits per heavy atom. The molecule has 0 aromatic carbocycles. The first-order valence-corrected chi connectivity index (χ1v) is 5.18. The lowest BCUT2D eigenvalue weighted by Crippen LogP contribution is -2.35. The molecule has 0 saturated heterocycles. The number of rotatable bonds is 8. The van der Waals surface area contributed by atoms with Gasteiger partial charge in [-0.2, -0.15) is 0 Å². The molecule has 0 aliphatic heterocycles. The van der Waals surface area contributed by atoms with Gasteiger partial charge in [-0.3, -0.25) is 4.79 Å². The Hall–Kier alpha value is -0.450. The summed E-state index contributed by atoms with van der Waals surface area (Å²) in [6.07, 6.45) is 0.948. The van der Waals surface area contributed by atoms with Gasteiger partial charge in [0.25, 0.3) is 0 Å². The number of hydrogen-bond acceptors (Lipinski definition) is 4. The molecule has 3 N–H and O–H groups in total. The summed E-state index contributed by atoms with van der Waals surface area (Å²) in [6.45, 7) is 4.27. The van der Waals surface area contributed by atoms with Gasteiger partial charge in [-0.1, -0.05) is 13.8 Å². The molecule has 0 radical (unpaired) electrons. The Balaban J connectivity index is 3.62. The minimum Gasteiger partial charge on any atom is -0.394 e. The van der Waals surface area contributed by atoms with E-state index in [-0.39, 0.29) is 31.4 Å². The van der Waals surface area contributed by atoms with Gasteiger partial charge in [-0.25, -0.2) is 0 Å². The molecule has 4 nitrogen and oxygen atoms in total. The Kier molecular flexibility index (Phi) is 7.65. The highest BCUT2D eigenvalue weighted by atomic mass is 16.3. The minimum absolute atomic E-state index is 0.119. The largest absolute Gasteiger partial charge is 0.394 e. The van der Waals surface area contributed by atoms with Crippen LogP contribution in [0.1, 0.15) is 26.7 Å². The molecule has 14 heavy (non-hydrogen) atoms. The van der Waals surface area contributed by atoms with E-state index >= 15 is 0 Å². The number of Topliss-reactive ketones (excluding diaryl/α,β-unsaturated/α-hetero) is 1. The Morgan fingerprint density at radius 1 is 1.36 bits per heavy atom. The second kappa shape index (κ2) is 7.91. The van der Waals surface area contributed by atoms with Gasteiger partial charge in [0.15, 0.2) is 0 Å². The highest BCUT2D eigenvalue weighted by Gasteiger charge is 2.13. The maximum absolute atomic E-state index is 11.5. The van der Waals surface area contributed by atoms with Crippen LogP contribution in [0.25, 0.3) is 0 Å². The van der Waals surface area contributed by atoms with E-state index in [2.05, 4.69) is 5.32 Å². The Bertz CT molecular complexity index is 157. The first-order valence-electron chi connectivity index (χ1n) is 5.18. The van der Waals surface area contributed by atoms with Gasteiger partial charge in [-0.05, 0) is 12.8 Å². The van der Waals surface area contributed by atoms with Crippen molar-refractivity contribution in [3.8, 4) is 0 Å². The van der Waals surface area contributed by atoms with Gasteiger partial charge in [0.1, 0.15) is 5.78 Å². The predicted octanol–water partition coefficient (Wildman–Crippen LogP) is -0.0655. The SMILES string of the molecule is CCC(CC)C(=O)CNC[C@@H](O)CO. The number of carbonyl (C=O) groups excluding carboxylic acids is 1. The zero-order chi connectivity index (χ0) is 11.0. The first-order chi connectivity index (χ1) is 6.65. The van der Waals surface area contributed by atoms with Crippen molar-refractivity contribution in [3.05, 3.63) is 0 Å². The quantitative estimate of drug-likeness (QED) is 0.516. The van der Waals surface area contributed by atoms with E-state index in [9.17, 15) is 4.79 Å². The van der Waals surface area contributed by atoms with E-state index in [4.69, 9.17) is 10.2 Å². The monoisotopic (exact) mass is 203 g/mol. The van der Waals surface area contributed by atoms with E-state index in [1.807, 2.05) is 13.8 Å². The molecule has 0 amide bonds. The molecule has 1 atom stereocenters. The molecule has 4 heteroatoms.